The van der Waals surface area contributed by atoms with E-state index in [9.17, 15) is 24.6 Å². The van der Waals surface area contributed by atoms with Crippen LogP contribution in [0, 0.1) is 6.92 Å². The number of amides is 2. The molecule has 1 heterocycles. The van der Waals surface area contributed by atoms with Crippen LogP contribution in [0.2, 0.25) is 5.02 Å². The van der Waals surface area contributed by atoms with E-state index >= 15 is 0 Å². The largest absolute Gasteiger partial charge is 0.508 e. The highest BCUT2D eigenvalue weighted by Gasteiger charge is 2.23. The van der Waals surface area contributed by atoms with Crippen LogP contribution in [-0.4, -0.2) is 39.4 Å². The quantitative estimate of drug-likeness (QED) is 0.201. The fourth-order valence-electron chi connectivity index (χ4n) is 3.96. The molecule has 4 rings (SSSR count). The number of carbonyl (C=O) groups is 3. The fraction of sp³-hybridized carbons (Fsp3) is 0.172. The molecule has 0 aliphatic heterocycles. The predicted octanol–water partition coefficient (Wildman–Crippen LogP) is 5.74. The molecule has 1 aromatic heterocycles. The molecule has 0 aliphatic rings. The maximum absolute atomic E-state index is 12.8. The Morgan fingerprint density at radius 2 is 1.70 bits per heavy atom. The number of aromatic nitrogens is 1. The molecule has 0 bridgehead atoms. The molecule has 2 atom stereocenters. The number of phenols is 1. The number of nitrogens with zero attached hydrogens (tertiary/aromatic N) is 1. The molecule has 3 aromatic carbocycles. The number of nitrogens with one attached hydrogen (secondary N) is 2. The molecule has 0 aliphatic carbocycles. The van der Waals surface area contributed by atoms with Crippen LogP contribution in [0.25, 0.3) is 11.3 Å². The Morgan fingerprint density at radius 3 is 2.35 bits per heavy atom. The molecule has 11 heteroatoms. The summed E-state index contributed by atoms with van der Waals surface area (Å²) in [5, 5.41) is 28.6. The number of aryl methyl sites for hydroxylation is 1. The second-order valence-corrected chi connectivity index (χ2v) is 9.39. The molecule has 0 saturated carbocycles. The molecule has 0 fully saturated rings. The number of carboxylic acid groups (broad SMARTS) is 1. The van der Waals surface area contributed by atoms with Crippen molar-refractivity contribution < 1.29 is 33.9 Å². The molecule has 2 amide bonds. The number of aliphatic carboxylic acids is 1. The summed E-state index contributed by atoms with van der Waals surface area (Å²) in [5.74, 6) is -1.46. The Hall–Kier alpha value is -4.83. The van der Waals surface area contributed by atoms with E-state index in [1.54, 1.807) is 62.4 Å². The average molecular weight is 564 g/mol. The van der Waals surface area contributed by atoms with Crippen LogP contribution in [0.3, 0.4) is 0 Å². The average Bonchev–Trinajstić information content (AvgIpc) is 3.29. The lowest BCUT2D eigenvalue weighted by Crippen LogP contribution is -2.42. The minimum Gasteiger partial charge on any atom is -0.508 e. The number of halogens is 1. The van der Waals surface area contributed by atoms with E-state index < -0.39 is 30.1 Å². The Morgan fingerprint density at radius 1 is 1.02 bits per heavy atom. The summed E-state index contributed by atoms with van der Waals surface area (Å²) in [5.41, 5.74) is 2.75. The lowest BCUT2D eigenvalue weighted by atomic mass is 10.0. The maximum Gasteiger partial charge on any atom is 0.412 e. The Labute approximate surface area is 234 Å². The zero-order valence-electron chi connectivity index (χ0n) is 21.6. The minimum absolute atomic E-state index is 0.0387. The van der Waals surface area contributed by atoms with Crippen LogP contribution in [0.15, 0.2) is 77.3 Å². The van der Waals surface area contributed by atoms with E-state index in [1.165, 1.54) is 24.3 Å². The molecule has 10 nitrogen and oxygen atoms in total. The Kier molecular flexibility index (Phi) is 8.70. The summed E-state index contributed by atoms with van der Waals surface area (Å²) in [6, 6.07) is 18.1. The number of hydrogen-bond donors (Lipinski definition) is 4. The van der Waals surface area contributed by atoms with Gasteiger partial charge in [0.05, 0.1) is 0 Å². The van der Waals surface area contributed by atoms with Gasteiger partial charge in [-0.05, 0) is 49.7 Å². The molecule has 2 unspecified atom stereocenters. The summed E-state index contributed by atoms with van der Waals surface area (Å²) in [6.07, 6.45) is -1.31. The molecule has 4 aromatic rings. The van der Waals surface area contributed by atoms with Crippen molar-refractivity contribution in [2.75, 3.05) is 5.32 Å². The van der Waals surface area contributed by atoms with Gasteiger partial charge in [0, 0.05) is 28.1 Å². The van der Waals surface area contributed by atoms with Crippen LogP contribution in [0.1, 0.15) is 40.2 Å². The first-order valence-electron chi connectivity index (χ1n) is 12.2. The summed E-state index contributed by atoms with van der Waals surface area (Å²) >= 11 is 6.19. The number of rotatable bonds is 9. The van der Waals surface area contributed by atoms with Crippen molar-refractivity contribution in [1.82, 2.24) is 10.5 Å². The number of ether oxygens (including phenoxy) is 1. The van der Waals surface area contributed by atoms with Crippen molar-refractivity contribution >= 4 is 35.3 Å². The van der Waals surface area contributed by atoms with Crippen molar-refractivity contribution in [2.45, 2.75) is 32.4 Å². The third kappa shape index (κ3) is 6.78. The minimum atomic E-state index is -1.19. The molecular formula is C29H26ClN3O7. The van der Waals surface area contributed by atoms with Crippen LogP contribution < -0.4 is 10.6 Å². The zero-order valence-corrected chi connectivity index (χ0v) is 22.3. The van der Waals surface area contributed by atoms with Gasteiger partial charge in [0.15, 0.2) is 5.76 Å². The van der Waals surface area contributed by atoms with Crippen LogP contribution in [0.4, 0.5) is 10.5 Å². The number of benzene rings is 3. The Balaban J connectivity index is 1.43. The number of aromatic hydroxyl groups is 1. The van der Waals surface area contributed by atoms with Crippen LogP contribution >= 0.6 is 11.6 Å². The molecule has 0 radical (unpaired) electrons. The van der Waals surface area contributed by atoms with Gasteiger partial charge in [-0.3, -0.25) is 10.1 Å². The third-order valence-corrected chi connectivity index (χ3v) is 6.45. The second kappa shape index (κ2) is 12.4. The first-order valence-corrected chi connectivity index (χ1v) is 12.6. The molecule has 40 heavy (non-hydrogen) atoms. The van der Waals surface area contributed by atoms with Crippen LogP contribution in [-0.2, 0) is 16.0 Å². The third-order valence-electron chi connectivity index (χ3n) is 6.11. The molecule has 0 spiro atoms. The summed E-state index contributed by atoms with van der Waals surface area (Å²) in [6.45, 7) is 3.35. The molecule has 0 saturated heterocycles. The van der Waals surface area contributed by atoms with Gasteiger partial charge >= 0.3 is 12.1 Å². The molecule has 206 valence electrons. The lowest BCUT2D eigenvalue weighted by Gasteiger charge is -2.16. The van der Waals surface area contributed by atoms with Gasteiger partial charge < -0.3 is 24.8 Å². The van der Waals surface area contributed by atoms with Crippen LogP contribution in [0.5, 0.6) is 5.75 Å². The summed E-state index contributed by atoms with van der Waals surface area (Å²) in [4.78, 5) is 37.1. The van der Waals surface area contributed by atoms with Gasteiger partial charge in [-0.2, -0.15) is 0 Å². The van der Waals surface area contributed by atoms with E-state index in [-0.39, 0.29) is 23.5 Å². The van der Waals surface area contributed by atoms with E-state index in [1.807, 2.05) is 0 Å². The number of anilines is 1. The second-order valence-electron chi connectivity index (χ2n) is 8.98. The van der Waals surface area contributed by atoms with Gasteiger partial charge in [0.1, 0.15) is 29.3 Å². The highest BCUT2D eigenvalue weighted by molar-refractivity contribution is 6.31. The van der Waals surface area contributed by atoms with E-state index in [2.05, 4.69) is 15.8 Å². The summed E-state index contributed by atoms with van der Waals surface area (Å²) < 4.78 is 10.9. The van der Waals surface area contributed by atoms with E-state index in [0.29, 0.717) is 33.1 Å². The lowest BCUT2D eigenvalue weighted by molar-refractivity contribution is -0.139. The van der Waals surface area contributed by atoms with E-state index in [4.69, 9.17) is 20.9 Å². The van der Waals surface area contributed by atoms with Gasteiger partial charge in [0.2, 0.25) is 0 Å². The smallest absolute Gasteiger partial charge is 0.412 e. The number of carboxylic acids is 1. The van der Waals surface area contributed by atoms with Crippen molar-refractivity contribution in [3.63, 3.8) is 0 Å². The number of carbonyl (C=O) groups excluding carboxylic acids is 2. The normalized spacial score (nSPS) is 12.3. The number of hydrogen-bond acceptors (Lipinski definition) is 7. The number of phenolic OH excluding ortho intramolecular Hbond substituents is 1. The van der Waals surface area contributed by atoms with Crippen molar-refractivity contribution in [1.29, 1.82) is 0 Å². The highest BCUT2D eigenvalue weighted by atomic mass is 35.5. The van der Waals surface area contributed by atoms with Crippen molar-refractivity contribution in [2.24, 2.45) is 0 Å². The molecular weight excluding hydrogens is 538 g/mol. The maximum atomic E-state index is 12.8. The topological polar surface area (TPSA) is 151 Å². The van der Waals surface area contributed by atoms with Gasteiger partial charge in [0.25, 0.3) is 5.91 Å². The Bertz CT molecular complexity index is 1520. The van der Waals surface area contributed by atoms with Crippen molar-refractivity contribution in [3.05, 3.63) is 100 Å². The van der Waals surface area contributed by atoms with Crippen molar-refractivity contribution in [3.8, 4) is 17.1 Å². The zero-order chi connectivity index (χ0) is 28.8. The predicted molar refractivity (Wildman–Crippen MR) is 147 cm³/mol. The first kappa shape index (κ1) is 28.2. The standard InChI is InChI=1S/C29H26ClN3O7/c1-16-25(32-29(38)39-17(2)22-5-3-4-6-23(22)30)26(40-33-16)19-9-11-20(12-10-19)27(35)31-24(28(36)37)15-18-7-13-21(34)14-8-18/h3-14,17,24,34H,15H2,1-2H3,(H,31,35)(H,32,38)(H,36,37). The van der Waals surface area contributed by atoms with Gasteiger partial charge in [-0.25, -0.2) is 9.59 Å². The first-order chi connectivity index (χ1) is 19.1. The summed E-state index contributed by atoms with van der Waals surface area (Å²) in [7, 11) is 0. The van der Waals surface area contributed by atoms with E-state index in [0.717, 1.165) is 0 Å². The van der Waals surface area contributed by atoms with Gasteiger partial charge in [-0.1, -0.05) is 59.2 Å². The molecule has 4 N–H and O–H groups in total. The fourth-order valence-corrected chi connectivity index (χ4v) is 4.25. The van der Waals surface area contributed by atoms with Gasteiger partial charge in [-0.15, -0.1) is 0 Å². The highest BCUT2D eigenvalue weighted by Crippen LogP contribution is 2.32. The monoisotopic (exact) mass is 563 g/mol. The SMILES string of the molecule is Cc1noc(-c2ccc(C(=O)NC(Cc3ccc(O)cc3)C(=O)O)cc2)c1NC(=O)OC(C)c1ccccc1Cl.